The summed E-state index contributed by atoms with van der Waals surface area (Å²) in [5, 5.41) is 0. The smallest absolute Gasteiger partial charge is 0.134 e. The van der Waals surface area contributed by atoms with Crippen molar-refractivity contribution in [2.24, 2.45) is 0 Å². The van der Waals surface area contributed by atoms with Crippen LogP contribution in [0.3, 0.4) is 0 Å². The molecule has 2 heterocycles. The summed E-state index contributed by atoms with van der Waals surface area (Å²) in [4.78, 5) is 5.47. The molecule has 0 bridgehead atoms. The van der Waals surface area contributed by atoms with Crippen molar-refractivity contribution in [3.63, 3.8) is 0 Å². The van der Waals surface area contributed by atoms with Crippen molar-refractivity contribution in [1.82, 2.24) is 9.55 Å². The zero-order valence-electron chi connectivity index (χ0n) is 31.2. The summed E-state index contributed by atoms with van der Waals surface area (Å²) >= 11 is 0. The SMILES string of the molecule is CC1(C)c2ccccc2-c2cc3c(cc21)C(c1ccccc1)c1ccc(-c2cccc4c2-c2ccccc2C42c4ccccc4-n4c2nc2ccccc24)cc1-3. The van der Waals surface area contributed by atoms with E-state index in [1.165, 1.54) is 94.7 Å². The van der Waals surface area contributed by atoms with Crippen molar-refractivity contribution in [3.05, 3.63) is 226 Å². The number of aromatic nitrogens is 2. The summed E-state index contributed by atoms with van der Waals surface area (Å²) in [6, 6.07) is 66.1. The first kappa shape index (κ1) is 30.5. The Morgan fingerprint density at radius 1 is 0.464 bits per heavy atom. The lowest BCUT2D eigenvalue weighted by atomic mass is 9.72. The van der Waals surface area contributed by atoms with E-state index in [0.29, 0.717) is 0 Å². The van der Waals surface area contributed by atoms with Gasteiger partial charge in [0.25, 0.3) is 0 Å². The minimum Gasteiger partial charge on any atom is -0.295 e. The number of benzene rings is 8. The van der Waals surface area contributed by atoms with Crippen LogP contribution in [-0.4, -0.2) is 9.55 Å². The van der Waals surface area contributed by atoms with Crippen molar-refractivity contribution in [2.45, 2.75) is 30.6 Å². The van der Waals surface area contributed by atoms with Crippen LogP contribution in [0.2, 0.25) is 0 Å². The highest BCUT2D eigenvalue weighted by molar-refractivity contribution is 5.99. The summed E-state index contributed by atoms with van der Waals surface area (Å²) < 4.78 is 2.41. The minimum atomic E-state index is -0.528. The molecule has 2 nitrogen and oxygen atoms in total. The van der Waals surface area contributed by atoms with Gasteiger partial charge in [0.1, 0.15) is 11.2 Å². The molecule has 56 heavy (non-hydrogen) atoms. The molecular weight excluding hydrogens is 677 g/mol. The maximum atomic E-state index is 5.47. The maximum absolute atomic E-state index is 5.47. The van der Waals surface area contributed by atoms with Crippen LogP contribution in [0.4, 0.5) is 0 Å². The molecule has 1 spiro atoms. The molecule has 9 aromatic rings. The van der Waals surface area contributed by atoms with Gasteiger partial charge in [-0.2, -0.15) is 0 Å². The van der Waals surface area contributed by atoms with Gasteiger partial charge >= 0.3 is 0 Å². The van der Waals surface area contributed by atoms with E-state index in [1.807, 2.05) is 0 Å². The Hall–Kier alpha value is -6.77. The molecule has 0 fully saturated rings. The Labute approximate surface area is 326 Å². The molecule has 2 unspecified atom stereocenters. The van der Waals surface area contributed by atoms with Crippen LogP contribution in [0.1, 0.15) is 70.1 Å². The van der Waals surface area contributed by atoms with Crippen molar-refractivity contribution in [3.8, 4) is 50.2 Å². The predicted molar refractivity (Wildman–Crippen MR) is 228 cm³/mol. The third-order valence-corrected chi connectivity index (χ3v) is 13.7. The molecule has 1 aromatic heterocycles. The van der Waals surface area contributed by atoms with Crippen LogP contribution in [-0.2, 0) is 10.8 Å². The first-order valence-electron chi connectivity index (χ1n) is 19.8. The molecule has 13 rings (SSSR count). The number of para-hydroxylation sites is 3. The Balaban J connectivity index is 1.07. The van der Waals surface area contributed by atoms with Crippen LogP contribution < -0.4 is 0 Å². The molecule has 2 heteroatoms. The predicted octanol–water partition coefficient (Wildman–Crippen LogP) is 12.8. The number of nitrogens with zero attached hydrogens (tertiary/aromatic N) is 2. The summed E-state index contributed by atoms with van der Waals surface area (Å²) in [5.41, 5.74) is 24.2. The molecular formula is C54H36N2. The second-order valence-corrected chi connectivity index (χ2v) is 16.6. The van der Waals surface area contributed by atoms with Gasteiger partial charge in [-0.3, -0.25) is 4.57 Å². The minimum absolute atomic E-state index is 0.0600. The number of hydrogen-bond donors (Lipinski definition) is 0. The van der Waals surface area contributed by atoms with E-state index in [9.17, 15) is 0 Å². The van der Waals surface area contributed by atoms with E-state index < -0.39 is 5.41 Å². The van der Waals surface area contributed by atoms with E-state index in [1.54, 1.807) is 0 Å². The van der Waals surface area contributed by atoms with Crippen LogP contribution in [0.25, 0.3) is 61.2 Å². The summed E-state index contributed by atoms with van der Waals surface area (Å²) in [5.74, 6) is 1.25. The van der Waals surface area contributed by atoms with Gasteiger partial charge in [0.15, 0.2) is 0 Å². The largest absolute Gasteiger partial charge is 0.295 e. The fraction of sp³-hybridized carbons (Fsp3) is 0.0926. The molecule has 3 aliphatic carbocycles. The second kappa shape index (κ2) is 10.5. The van der Waals surface area contributed by atoms with Crippen LogP contribution in [0, 0.1) is 0 Å². The Morgan fingerprint density at radius 2 is 1.14 bits per heavy atom. The Bertz CT molecular complexity index is 3180. The molecule has 2 atom stereocenters. The molecule has 8 aromatic carbocycles. The number of fused-ring (bicyclic) bond motifs is 18. The van der Waals surface area contributed by atoms with Crippen LogP contribution in [0.15, 0.2) is 176 Å². The fourth-order valence-corrected chi connectivity index (χ4v) is 11.3. The van der Waals surface area contributed by atoms with Crippen LogP contribution >= 0.6 is 0 Å². The number of rotatable bonds is 2. The van der Waals surface area contributed by atoms with Gasteiger partial charge in [0.2, 0.25) is 0 Å². The van der Waals surface area contributed by atoms with E-state index >= 15 is 0 Å². The van der Waals surface area contributed by atoms with Gasteiger partial charge in [0, 0.05) is 11.3 Å². The molecule has 1 aliphatic heterocycles. The molecule has 4 aliphatic rings. The molecule has 0 N–H and O–H groups in total. The Morgan fingerprint density at radius 3 is 2.02 bits per heavy atom. The summed E-state index contributed by atoms with van der Waals surface area (Å²) in [6.45, 7) is 4.78. The van der Waals surface area contributed by atoms with E-state index in [2.05, 4.69) is 194 Å². The van der Waals surface area contributed by atoms with E-state index in [0.717, 1.165) is 16.9 Å². The maximum Gasteiger partial charge on any atom is 0.134 e. The van der Waals surface area contributed by atoms with Crippen molar-refractivity contribution in [2.75, 3.05) is 0 Å². The van der Waals surface area contributed by atoms with Gasteiger partial charge in [-0.1, -0.05) is 159 Å². The molecule has 0 amide bonds. The topological polar surface area (TPSA) is 17.8 Å². The van der Waals surface area contributed by atoms with Gasteiger partial charge in [-0.05, 0) is 119 Å². The van der Waals surface area contributed by atoms with Crippen molar-refractivity contribution >= 4 is 11.0 Å². The average molecular weight is 713 g/mol. The summed E-state index contributed by atoms with van der Waals surface area (Å²) in [6.07, 6.45) is 0. The fourth-order valence-electron chi connectivity index (χ4n) is 11.3. The van der Waals surface area contributed by atoms with Gasteiger partial charge < -0.3 is 0 Å². The third-order valence-electron chi connectivity index (χ3n) is 13.7. The lowest BCUT2D eigenvalue weighted by molar-refractivity contribution is 0.659. The van der Waals surface area contributed by atoms with Crippen molar-refractivity contribution < 1.29 is 0 Å². The first-order valence-corrected chi connectivity index (χ1v) is 19.8. The lowest BCUT2D eigenvalue weighted by Crippen LogP contribution is -2.27. The second-order valence-electron chi connectivity index (χ2n) is 16.6. The van der Waals surface area contributed by atoms with E-state index in [-0.39, 0.29) is 11.3 Å². The molecule has 0 saturated heterocycles. The average Bonchev–Trinajstić information content (AvgIpc) is 4.00. The standard InChI is InChI=1S/C54H36N2/c1-53(2)42-20-8-6-17-35(42)40-30-39-38-29-33(27-28-36(38)50(41(39)31-46(40)53)32-15-4-3-5-16-32)34-19-14-23-45-51(34)37-18-7-9-21-43(37)54(45)44-22-10-12-25-48(44)56-49-26-13-11-24-47(49)55-52(54)56/h3-31,50H,1-2H3. The lowest BCUT2D eigenvalue weighted by Gasteiger charge is -2.27. The Kier molecular flexibility index (Phi) is 5.73. The van der Waals surface area contributed by atoms with Gasteiger partial charge in [-0.25, -0.2) is 4.98 Å². The zero-order valence-corrected chi connectivity index (χ0v) is 31.2. The highest BCUT2D eigenvalue weighted by atomic mass is 15.1. The quantitative estimate of drug-likeness (QED) is 0.174. The highest BCUT2D eigenvalue weighted by Crippen LogP contribution is 2.62. The molecule has 0 radical (unpaired) electrons. The van der Waals surface area contributed by atoms with Gasteiger partial charge in [-0.15, -0.1) is 0 Å². The normalized spacial score (nSPS) is 18.2. The molecule has 262 valence electrons. The van der Waals surface area contributed by atoms with Crippen LogP contribution in [0.5, 0.6) is 0 Å². The third kappa shape index (κ3) is 3.57. The van der Waals surface area contributed by atoms with E-state index in [4.69, 9.17) is 4.98 Å². The monoisotopic (exact) mass is 712 g/mol. The highest BCUT2D eigenvalue weighted by Gasteiger charge is 2.54. The van der Waals surface area contributed by atoms with Crippen molar-refractivity contribution in [1.29, 1.82) is 0 Å². The zero-order chi connectivity index (χ0) is 36.9. The molecule has 0 saturated carbocycles. The first-order chi connectivity index (χ1) is 27.5. The summed E-state index contributed by atoms with van der Waals surface area (Å²) in [7, 11) is 0. The number of imidazole rings is 1. The van der Waals surface area contributed by atoms with Gasteiger partial charge in [0.05, 0.1) is 16.7 Å². The number of hydrogen-bond acceptors (Lipinski definition) is 1.